The molecule has 0 amide bonds. The minimum absolute atomic E-state index is 0. The van der Waals surface area contributed by atoms with Gasteiger partial charge in [-0.25, -0.2) is 4.39 Å². The van der Waals surface area contributed by atoms with Crippen LogP contribution in [0, 0.1) is 5.82 Å². The number of H-pyrrole nitrogens is 1. The van der Waals surface area contributed by atoms with E-state index in [1.54, 1.807) is 12.1 Å². The Balaban J connectivity index is 0.00000300. The highest BCUT2D eigenvalue weighted by molar-refractivity contribution is 14.0. The second-order valence-corrected chi connectivity index (χ2v) is 9.32. The van der Waals surface area contributed by atoms with Gasteiger partial charge >= 0.3 is 0 Å². The van der Waals surface area contributed by atoms with Gasteiger partial charge in [0.2, 0.25) is 0 Å². The smallest absolute Gasteiger partial charge is 0.191 e. The van der Waals surface area contributed by atoms with Gasteiger partial charge in [0.1, 0.15) is 5.82 Å². The first kappa shape index (κ1) is 24.1. The molecule has 1 aromatic heterocycles. The summed E-state index contributed by atoms with van der Waals surface area (Å²) in [6.07, 6.45) is 6.87. The van der Waals surface area contributed by atoms with Gasteiger partial charge in [-0.15, -0.1) is 24.0 Å². The zero-order valence-electron chi connectivity index (χ0n) is 17.2. The molecule has 0 radical (unpaired) electrons. The number of nitrogens with zero attached hydrogens (tertiary/aromatic N) is 1. The summed E-state index contributed by atoms with van der Waals surface area (Å²) in [7, 11) is -0.728. The summed E-state index contributed by atoms with van der Waals surface area (Å²) in [5.41, 5.74) is 2.02. The maximum atomic E-state index is 13.5. The lowest BCUT2D eigenvalue weighted by Crippen LogP contribution is -2.46. The Hall–Kier alpha value is -1.16. The van der Waals surface area contributed by atoms with E-state index in [2.05, 4.69) is 22.5 Å². The third-order valence-corrected chi connectivity index (χ3v) is 7.09. The molecule has 3 rings (SSSR count). The number of aromatic nitrogens is 1. The number of hydrogen-bond donors (Lipinski definition) is 3. The van der Waals surface area contributed by atoms with Crippen molar-refractivity contribution in [3.63, 3.8) is 0 Å². The predicted molar refractivity (Wildman–Crippen MR) is 131 cm³/mol. The minimum Gasteiger partial charge on any atom is -0.361 e. The summed E-state index contributed by atoms with van der Waals surface area (Å²) < 4.78 is 25.7. The summed E-state index contributed by atoms with van der Waals surface area (Å²) in [6, 6.07) is 5.12. The van der Waals surface area contributed by atoms with Crippen LogP contribution in [0.2, 0.25) is 0 Å². The maximum Gasteiger partial charge on any atom is 0.191 e. The molecule has 1 fully saturated rings. The predicted octanol–water partition coefficient (Wildman–Crippen LogP) is 4.10. The standard InChI is InChI=1S/C21H31FN4OS.HI/c1-3-23-21(26-17-6-5-7-18(13-17)28(27)4-2)24-11-10-15-14-25-20-9-8-16(22)12-19(15)20;/h8-9,12,14,17-18,25H,3-7,10-11,13H2,1-2H3,(H2,23,24,26);1H. The zero-order valence-corrected chi connectivity index (χ0v) is 20.3. The molecule has 0 bridgehead atoms. The van der Waals surface area contributed by atoms with Gasteiger partial charge < -0.3 is 15.6 Å². The first-order valence-electron chi connectivity index (χ1n) is 10.3. The molecule has 3 unspecified atom stereocenters. The fourth-order valence-corrected chi connectivity index (χ4v) is 5.26. The van der Waals surface area contributed by atoms with Crippen LogP contribution < -0.4 is 10.6 Å². The third-order valence-electron chi connectivity index (χ3n) is 5.35. The van der Waals surface area contributed by atoms with Crippen LogP contribution in [0.4, 0.5) is 4.39 Å². The second-order valence-electron chi connectivity index (χ2n) is 7.31. The van der Waals surface area contributed by atoms with E-state index in [9.17, 15) is 8.60 Å². The van der Waals surface area contributed by atoms with Gasteiger partial charge in [0.15, 0.2) is 5.96 Å². The number of guanidine groups is 1. The molecule has 3 N–H and O–H groups in total. The largest absolute Gasteiger partial charge is 0.361 e. The fourth-order valence-electron chi connectivity index (χ4n) is 3.91. The number of aliphatic imine (C=N–C) groups is 1. The van der Waals surface area contributed by atoms with Crippen molar-refractivity contribution in [1.82, 2.24) is 15.6 Å². The molecule has 2 aromatic rings. The lowest BCUT2D eigenvalue weighted by molar-refractivity contribution is 0.413. The van der Waals surface area contributed by atoms with Crippen molar-refractivity contribution >= 4 is 51.6 Å². The van der Waals surface area contributed by atoms with E-state index in [0.717, 1.165) is 66.8 Å². The van der Waals surface area contributed by atoms with Gasteiger partial charge in [-0.1, -0.05) is 13.3 Å². The van der Waals surface area contributed by atoms with Crippen molar-refractivity contribution in [2.24, 2.45) is 4.99 Å². The molecule has 1 heterocycles. The van der Waals surface area contributed by atoms with Crippen LogP contribution in [0.5, 0.6) is 0 Å². The van der Waals surface area contributed by atoms with Crippen LogP contribution in [0.25, 0.3) is 10.9 Å². The maximum absolute atomic E-state index is 13.5. The number of aromatic amines is 1. The fraction of sp³-hybridized carbons (Fsp3) is 0.571. The first-order valence-corrected chi connectivity index (χ1v) is 11.7. The molecule has 8 heteroatoms. The summed E-state index contributed by atoms with van der Waals surface area (Å²) in [5, 5.41) is 8.05. The SMILES string of the molecule is CCNC(=NCCc1c[nH]c2ccc(F)cc12)NC1CCCC(S(=O)CC)C1.I. The third kappa shape index (κ3) is 6.67. The molecule has 3 atom stereocenters. The van der Waals surface area contributed by atoms with Crippen LogP contribution >= 0.6 is 24.0 Å². The van der Waals surface area contributed by atoms with Gasteiger partial charge in [-0.3, -0.25) is 9.20 Å². The van der Waals surface area contributed by atoms with Crippen molar-refractivity contribution in [3.05, 3.63) is 35.8 Å². The monoisotopic (exact) mass is 534 g/mol. The van der Waals surface area contributed by atoms with E-state index in [4.69, 9.17) is 4.99 Å². The minimum atomic E-state index is -0.728. The first-order chi connectivity index (χ1) is 13.6. The van der Waals surface area contributed by atoms with Crippen LogP contribution in [0.15, 0.2) is 29.4 Å². The lowest BCUT2D eigenvalue weighted by Gasteiger charge is -2.30. The molecular formula is C21H32FIN4OS. The van der Waals surface area contributed by atoms with Gasteiger partial charge in [-0.05, 0) is 56.4 Å². The number of rotatable bonds is 7. The number of fused-ring (bicyclic) bond motifs is 1. The number of benzene rings is 1. The Morgan fingerprint density at radius 2 is 2.17 bits per heavy atom. The lowest BCUT2D eigenvalue weighted by atomic mass is 9.95. The van der Waals surface area contributed by atoms with Crippen LogP contribution in [-0.2, 0) is 17.2 Å². The van der Waals surface area contributed by atoms with Crippen molar-refractivity contribution in [2.45, 2.75) is 57.2 Å². The summed E-state index contributed by atoms with van der Waals surface area (Å²) >= 11 is 0. The summed E-state index contributed by atoms with van der Waals surface area (Å²) in [4.78, 5) is 7.90. The molecular weight excluding hydrogens is 502 g/mol. The number of nitrogens with one attached hydrogen (secondary N) is 3. The van der Waals surface area contributed by atoms with Crippen molar-refractivity contribution in [1.29, 1.82) is 0 Å². The molecule has 1 aromatic carbocycles. The quantitative estimate of drug-likeness (QED) is 0.285. The van der Waals surface area contributed by atoms with E-state index >= 15 is 0 Å². The van der Waals surface area contributed by atoms with Gasteiger partial charge in [0, 0.05) is 58.0 Å². The molecule has 1 saturated carbocycles. The molecule has 0 spiro atoms. The van der Waals surface area contributed by atoms with E-state index in [0.29, 0.717) is 17.8 Å². The topological polar surface area (TPSA) is 69.3 Å². The Morgan fingerprint density at radius 3 is 2.93 bits per heavy atom. The molecule has 1 aliphatic carbocycles. The van der Waals surface area contributed by atoms with Gasteiger partial charge in [-0.2, -0.15) is 0 Å². The van der Waals surface area contributed by atoms with Crippen LogP contribution in [0.3, 0.4) is 0 Å². The molecule has 29 heavy (non-hydrogen) atoms. The van der Waals surface area contributed by atoms with Crippen molar-refractivity contribution in [3.8, 4) is 0 Å². The Morgan fingerprint density at radius 1 is 1.34 bits per heavy atom. The van der Waals surface area contributed by atoms with E-state index in [1.165, 1.54) is 6.07 Å². The van der Waals surface area contributed by atoms with Crippen molar-refractivity contribution < 1.29 is 8.60 Å². The van der Waals surface area contributed by atoms with Gasteiger partial charge in [0.25, 0.3) is 0 Å². The zero-order chi connectivity index (χ0) is 19.9. The Labute approximate surface area is 192 Å². The van der Waals surface area contributed by atoms with E-state index < -0.39 is 10.8 Å². The molecule has 0 saturated heterocycles. The molecule has 162 valence electrons. The molecule has 0 aliphatic heterocycles. The molecule has 5 nitrogen and oxygen atoms in total. The summed E-state index contributed by atoms with van der Waals surface area (Å²) in [5.74, 6) is 1.32. The average molecular weight is 534 g/mol. The normalized spacial score (nSPS) is 20.9. The highest BCUT2D eigenvalue weighted by atomic mass is 127. The van der Waals surface area contributed by atoms with Crippen LogP contribution in [0.1, 0.15) is 45.1 Å². The van der Waals surface area contributed by atoms with Gasteiger partial charge in [0.05, 0.1) is 0 Å². The summed E-state index contributed by atoms with van der Waals surface area (Å²) in [6.45, 7) is 5.46. The number of halogens is 2. The number of hydrogen-bond acceptors (Lipinski definition) is 2. The molecule has 1 aliphatic rings. The van der Waals surface area contributed by atoms with E-state index in [1.807, 2.05) is 13.1 Å². The Kier molecular flexibility index (Phi) is 9.88. The highest BCUT2D eigenvalue weighted by Gasteiger charge is 2.26. The van der Waals surface area contributed by atoms with Crippen molar-refractivity contribution in [2.75, 3.05) is 18.8 Å². The highest BCUT2D eigenvalue weighted by Crippen LogP contribution is 2.23. The van der Waals surface area contributed by atoms with E-state index in [-0.39, 0.29) is 29.8 Å². The Bertz CT molecular complexity index is 841. The average Bonchev–Trinajstić information content (AvgIpc) is 3.10. The second kappa shape index (κ2) is 11.9. The van der Waals surface area contributed by atoms with Crippen LogP contribution in [-0.4, -0.2) is 45.3 Å².